The predicted molar refractivity (Wildman–Crippen MR) is 96.1 cm³/mol. The zero-order chi connectivity index (χ0) is 16.4. The minimum absolute atomic E-state index is 0. The van der Waals surface area contributed by atoms with Crippen LogP contribution in [0.3, 0.4) is 0 Å². The molecule has 0 radical (unpaired) electrons. The number of hydrogen-bond donors (Lipinski definition) is 1. The maximum absolute atomic E-state index is 13.1. The number of benzene rings is 1. The average Bonchev–Trinajstić information content (AvgIpc) is 3.04. The molecular formula is C15H20Cl2N4O2S. The van der Waals surface area contributed by atoms with E-state index in [9.17, 15) is 8.42 Å². The van der Waals surface area contributed by atoms with Crippen LogP contribution in [0.25, 0.3) is 0 Å². The van der Waals surface area contributed by atoms with Gasteiger partial charge in [-0.05, 0) is 30.7 Å². The van der Waals surface area contributed by atoms with Crippen molar-refractivity contribution in [2.45, 2.75) is 24.5 Å². The lowest BCUT2D eigenvalue weighted by molar-refractivity contribution is 0.269. The molecule has 1 fully saturated rings. The highest BCUT2D eigenvalue weighted by molar-refractivity contribution is 7.89. The fourth-order valence-electron chi connectivity index (χ4n) is 2.87. The van der Waals surface area contributed by atoms with Gasteiger partial charge in [0, 0.05) is 31.2 Å². The molecule has 6 nitrogen and oxygen atoms in total. The Balaban J connectivity index is 0.00000208. The molecule has 0 amide bonds. The van der Waals surface area contributed by atoms with Gasteiger partial charge in [0.15, 0.2) is 5.03 Å². The summed E-state index contributed by atoms with van der Waals surface area (Å²) in [4.78, 5) is 0. The van der Waals surface area contributed by atoms with Gasteiger partial charge in [-0.15, -0.1) is 12.4 Å². The minimum Gasteiger partial charge on any atom is -0.313 e. The molecule has 1 aromatic carbocycles. The van der Waals surface area contributed by atoms with E-state index in [1.807, 2.05) is 25.1 Å². The van der Waals surface area contributed by atoms with Crippen LogP contribution in [-0.4, -0.2) is 42.1 Å². The second kappa shape index (κ2) is 7.84. The van der Waals surface area contributed by atoms with E-state index in [1.165, 1.54) is 10.9 Å². The van der Waals surface area contributed by atoms with Gasteiger partial charge >= 0.3 is 0 Å². The normalized spacial score (nSPS) is 19.0. The quantitative estimate of drug-likeness (QED) is 0.869. The Labute approximate surface area is 153 Å². The molecule has 1 saturated heterocycles. The molecule has 1 N–H and O–H groups in total. The Bertz CT molecular complexity index is 794. The number of rotatable bonds is 4. The second-order valence-corrected chi connectivity index (χ2v) is 7.65. The van der Waals surface area contributed by atoms with Crippen molar-refractivity contribution in [3.63, 3.8) is 0 Å². The van der Waals surface area contributed by atoms with E-state index in [4.69, 9.17) is 11.6 Å². The Kier molecular flexibility index (Phi) is 6.28. The molecule has 1 atom stereocenters. The lowest BCUT2D eigenvalue weighted by Gasteiger charge is -2.35. The first-order valence-corrected chi connectivity index (χ1v) is 9.35. The zero-order valence-electron chi connectivity index (χ0n) is 13.2. The van der Waals surface area contributed by atoms with E-state index < -0.39 is 10.0 Å². The lowest BCUT2D eigenvalue weighted by Crippen LogP contribution is -2.48. The Morgan fingerprint density at radius 2 is 2.17 bits per heavy atom. The molecule has 1 aromatic heterocycles. The number of nitrogens with zero attached hydrogens (tertiary/aromatic N) is 3. The van der Waals surface area contributed by atoms with E-state index in [0.29, 0.717) is 31.2 Å². The highest BCUT2D eigenvalue weighted by Gasteiger charge is 2.36. The van der Waals surface area contributed by atoms with Gasteiger partial charge in [-0.3, -0.25) is 4.68 Å². The molecule has 132 valence electrons. The summed E-state index contributed by atoms with van der Waals surface area (Å²) in [5.74, 6) is 0. The summed E-state index contributed by atoms with van der Waals surface area (Å²) < 4.78 is 29.2. The maximum atomic E-state index is 13.1. The molecule has 0 aliphatic carbocycles. The standard InChI is InChI=1S/C15H19ClN4O2S.ClH/c1-2-19-15(6-7-18-19)23(21,22)20-9-8-17-11-14(20)12-4-3-5-13(16)10-12;/h3-7,10,14,17H,2,8-9,11H2,1H3;1H. The third-order valence-electron chi connectivity index (χ3n) is 3.98. The van der Waals surface area contributed by atoms with Gasteiger partial charge in [-0.25, -0.2) is 8.42 Å². The number of hydrogen-bond acceptors (Lipinski definition) is 4. The molecular weight excluding hydrogens is 371 g/mol. The largest absolute Gasteiger partial charge is 0.313 e. The topological polar surface area (TPSA) is 67.2 Å². The molecule has 1 aliphatic rings. The molecule has 2 heterocycles. The van der Waals surface area contributed by atoms with Crippen LogP contribution in [0.1, 0.15) is 18.5 Å². The third-order valence-corrected chi connectivity index (χ3v) is 6.14. The monoisotopic (exact) mass is 390 g/mol. The van der Waals surface area contributed by atoms with Gasteiger partial charge in [0.2, 0.25) is 0 Å². The van der Waals surface area contributed by atoms with E-state index in [2.05, 4.69) is 10.4 Å². The smallest absolute Gasteiger partial charge is 0.260 e. The van der Waals surface area contributed by atoms with Crippen LogP contribution >= 0.6 is 24.0 Å². The van der Waals surface area contributed by atoms with Crippen molar-refractivity contribution in [2.24, 2.45) is 0 Å². The summed E-state index contributed by atoms with van der Waals surface area (Å²) in [6, 6.07) is 8.62. The van der Waals surface area contributed by atoms with E-state index in [0.717, 1.165) is 5.56 Å². The number of sulfonamides is 1. The molecule has 24 heavy (non-hydrogen) atoms. The third kappa shape index (κ3) is 3.60. The average molecular weight is 391 g/mol. The van der Waals surface area contributed by atoms with E-state index in [-0.39, 0.29) is 23.5 Å². The van der Waals surface area contributed by atoms with Crippen molar-refractivity contribution >= 4 is 34.0 Å². The van der Waals surface area contributed by atoms with Crippen LogP contribution in [0.5, 0.6) is 0 Å². The fourth-order valence-corrected chi connectivity index (χ4v) is 4.85. The van der Waals surface area contributed by atoms with Crippen molar-refractivity contribution < 1.29 is 8.42 Å². The number of aromatic nitrogens is 2. The molecule has 0 bridgehead atoms. The zero-order valence-corrected chi connectivity index (χ0v) is 15.6. The lowest BCUT2D eigenvalue weighted by atomic mass is 10.1. The number of piperazine rings is 1. The minimum atomic E-state index is -3.62. The molecule has 1 unspecified atom stereocenters. The summed E-state index contributed by atoms with van der Waals surface area (Å²) in [5, 5.41) is 8.17. The van der Waals surface area contributed by atoms with Crippen LogP contribution in [0, 0.1) is 0 Å². The number of nitrogens with one attached hydrogen (secondary N) is 1. The van der Waals surface area contributed by atoms with Crippen LogP contribution < -0.4 is 5.32 Å². The molecule has 1 aliphatic heterocycles. The number of aryl methyl sites for hydroxylation is 1. The van der Waals surface area contributed by atoms with Crippen LogP contribution in [0.2, 0.25) is 5.02 Å². The van der Waals surface area contributed by atoms with Crippen molar-refractivity contribution in [1.29, 1.82) is 0 Å². The van der Waals surface area contributed by atoms with Gasteiger partial charge in [0.05, 0.1) is 12.2 Å². The summed E-state index contributed by atoms with van der Waals surface area (Å²) in [6.45, 7) is 3.97. The maximum Gasteiger partial charge on any atom is 0.260 e. The van der Waals surface area contributed by atoms with Crippen LogP contribution in [0.4, 0.5) is 0 Å². The highest BCUT2D eigenvalue weighted by atomic mass is 35.5. The van der Waals surface area contributed by atoms with Gasteiger partial charge in [0.1, 0.15) is 0 Å². The summed E-state index contributed by atoms with van der Waals surface area (Å²) >= 11 is 6.07. The number of halogens is 2. The molecule has 9 heteroatoms. The van der Waals surface area contributed by atoms with Crippen LogP contribution in [0.15, 0.2) is 41.6 Å². The molecule has 3 rings (SSSR count). The van der Waals surface area contributed by atoms with Gasteiger partial charge in [0.25, 0.3) is 10.0 Å². The first-order valence-electron chi connectivity index (χ1n) is 7.54. The fraction of sp³-hybridized carbons (Fsp3) is 0.400. The van der Waals surface area contributed by atoms with E-state index in [1.54, 1.807) is 16.4 Å². The van der Waals surface area contributed by atoms with E-state index >= 15 is 0 Å². The van der Waals surface area contributed by atoms with Crippen molar-refractivity contribution in [3.05, 3.63) is 47.1 Å². The molecule has 2 aromatic rings. The molecule has 0 saturated carbocycles. The highest BCUT2D eigenvalue weighted by Crippen LogP contribution is 2.30. The Morgan fingerprint density at radius 3 is 2.88 bits per heavy atom. The van der Waals surface area contributed by atoms with Gasteiger partial charge < -0.3 is 5.32 Å². The van der Waals surface area contributed by atoms with Gasteiger partial charge in [-0.1, -0.05) is 23.7 Å². The van der Waals surface area contributed by atoms with Crippen molar-refractivity contribution in [1.82, 2.24) is 19.4 Å². The molecule has 0 spiro atoms. The summed E-state index contributed by atoms with van der Waals surface area (Å²) in [7, 11) is -3.62. The Morgan fingerprint density at radius 1 is 1.38 bits per heavy atom. The first-order chi connectivity index (χ1) is 11.0. The van der Waals surface area contributed by atoms with Gasteiger partial charge in [-0.2, -0.15) is 9.40 Å². The second-order valence-electron chi connectivity index (χ2n) is 5.38. The Hall–Kier alpha value is -1.12. The SMILES string of the molecule is CCn1nccc1S(=O)(=O)N1CCNCC1c1cccc(Cl)c1.Cl. The first kappa shape index (κ1) is 19.2. The van der Waals surface area contributed by atoms with Crippen molar-refractivity contribution in [3.8, 4) is 0 Å². The summed E-state index contributed by atoms with van der Waals surface area (Å²) in [6.07, 6.45) is 1.52. The predicted octanol–water partition coefficient (Wildman–Crippen LogP) is 2.31. The summed E-state index contributed by atoms with van der Waals surface area (Å²) in [5.41, 5.74) is 0.885. The van der Waals surface area contributed by atoms with Crippen molar-refractivity contribution in [2.75, 3.05) is 19.6 Å². The van der Waals surface area contributed by atoms with Crippen LogP contribution in [-0.2, 0) is 16.6 Å².